The number of hydrogen-bond acceptors (Lipinski definition) is 3. The minimum absolute atomic E-state index is 0.117. The topological polar surface area (TPSA) is 55.4 Å². The van der Waals surface area contributed by atoms with Gasteiger partial charge in [-0.3, -0.25) is 4.79 Å². The summed E-state index contributed by atoms with van der Waals surface area (Å²) in [6, 6.07) is 9.09. The van der Waals surface area contributed by atoms with Gasteiger partial charge in [0.1, 0.15) is 6.61 Å². The van der Waals surface area contributed by atoms with Gasteiger partial charge in [0.2, 0.25) is 0 Å². The van der Waals surface area contributed by atoms with Gasteiger partial charge in [-0.2, -0.15) is 0 Å². The molecule has 0 aromatic heterocycles. The maximum Gasteiger partial charge on any atom is 0.408 e. The quantitative estimate of drug-likeness (QED) is 0.462. The number of rotatable bonds is 13. The van der Waals surface area contributed by atoms with E-state index in [1.54, 1.807) is 0 Å². The van der Waals surface area contributed by atoms with E-state index in [-0.39, 0.29) is 12.4 Å². The lowest BCUT2D eigenvalue weighted by Crippen LogP contribution is -2.41. The number of alkyl carbamates (subject to hydrolysis) is 1. The van der Waals surface area contributed by atoms with Crippen molar-refractivity contribution in [2.75, 3.05) is 0 Å². The molecular formula is C22H35NO3. The molecule has 1 N–H and O–H groups in total. The second-order valence-electron chi connectivity index (χ2n) is 7.37. The zero-order chi connectivity index (χ0) is 19.2. The van der Waals surface area contributed by atoms with Crippen molar-refractivity contribution >= 4 is 11.9 Å². The number of carbonyl (C=O) groups is 2. The van der Waals surface area contributed by atoms with Crippen molar-refractivity contribution in [3.8, 4) is 0 Å². The fourth-order valence-corrected chi connectivity index (χ4v) is 2.90. The van der Waals surface area contributed by atoms with Gasteiger partial charge in [0.15, 0.2) is 5.78 Å². The summed E-state index contributed by atoms with van der Waals surface area (Å²) >= 11 is 0. The first-order chi connectivity index (χ1) is 12.5. The Morgan fingerprint density at radius 3 is 2.31 bits per heavy atom. The van der Waals surface area contributed by atoms with E-state index in [0.717, 1.165) is 18.4 Å². The van der Waals surface area contributed by atoms with E-state index in [9.17, 15) is 9.59 Å². The Bertz CT molecular complexity index is 513. The molecule has 0 aliphatic heterocycles. The molecule has 0 saturated heterocycles. The molecule has 1 aromatic carbocycles. The zero-order valence-corrected chi connectivity index (χ0v) is 16.6. The first-order valence-corrected chi connectivity index (χ1v) is 10.0. The van der Waals surface area contributed by atoms with Crippen molar-refractivity contribution in [1.82, 2.24) is 5.32 Å². The van der Waals surface area contributed by atoms with Gasteiger partial charge in [-0.15, -0.1) is 0 Å². The fraction of sp³-hybridized carbons (Fsp3) is 0.636. The molecule has 146 valence electrons. The third-order valence-electron chi connectivity index (χ3n) is 4.38. The van der Waals surface area contributed by atoms with E-state index in [1.165, 1.54) is 25.7 Å². The maximum atomic E-state index is 12.5. The number of nitrogens with one attached hydrogen (secondary N) is 1. The summed E-state index contributed by atoms with van der Waals surface area (Å²) in [6.45, 7) is 6.53. The number of amides is 1. The molecule has 0 heterocycles. The molecule has 4 heteroatoms. The summed E-state index contributed by atoms with van der Waals surface area (Å²) in [5.41, 5.74) is 0.932. The first-order valence-electron chi connectivity index (χ1n) is 10.0. The SMILES string of the molecule is CCCCCCCCC(=O)[C@H](CC(C)C)NC(=O)OCc1ccccc1. The number of benzene rings is 1. The Hall–Kier alpha value is -1.84. The molecule has 4 nitrogen and oxygen atoms in total. The van der Waals surface area contributed by atoms with Crippen LogP contribution in [0.3, 0.4) is 0 Å². The van der Waals surface area contributed by atoms with Crippen LogP contribution in [0.4, 0.5) is 4.79 Å². The molecule has 0 aliphatic carbocycles. The molecule has 0 saturated carbocycles. The van der Waals surface area contributed by atoms with Crippen LogP contribution in [0.15, 0.2) is 30.3 Å². The van der Waals surface area contributed by atoms with Gasteiger partial charge in [-0.05, 0) is 24.3 Å². The Labute approximate surface area is 158 Å². The summed E-state index contributed by atoms with van der Waals surface area (Å²) in [5.74, 6) is 0.453. The summed E-state index contributed by atoms with van der Waals surface area (Å²) < 4.78 is 5.26. The second kappa shape index (κ2) is 13.4. The van der Waals surface area contributed by atoms with Gasteiger partial charge in [0, 0.05) is 6.42 Å². The van der Waals surface area contributed by atoms with Crippen molar-refractivity contribution in [1.29, 1.82) is 0 Å². The smallest absolute Gasteiger partial charge is 0.408 e. The average Bonchev–Trinajstić information content (AvgIpc) is 2.62. The molecule has 0 bridgehead atoms. The predicted octanol–water partition coefficient (Wildman–Crippen LogP) is 5.65. The minimum Gasteiger partial charge on any atom is -0.445 e. The summed E-state index contributed by atoms with van der Waals surface area (Å²) in [7, 11) is 0. The van der Waals surface area contributed by atoms with Crippen molar-refractivity contribution in [3.05, 3.63) is 35.9 Å². The third-order valence-corrected chi connectivity index (χ3v) is 4.38. The van der Waals surface area contributed by atoms with Crippen LogP contribution in [0, 0.1) is 5.92 Å². The standard InChI is InChI=1S/C22H35NO3/c1-4-5-6-7-8-12-15-21(24)20(16-18(2)3)23-22(25)26-17-19-13-10-9-11-14-19/h9-11,13-14,18,20H,4-8,12,15-17H2,1-3H3,(H,23,25)/t20-/m0/s1. The van der Waals surface area contributed by atoms with Crippen LogP contribution in [-0.4, -0.2) is 17.9 Å². The van der Waals surface area contributed by atoms with E-state index in [2.05, 4.69) is 26.1 Å². The predicted molar refractivity (Wildman–Crippen MR) is 106 cm³/mol. The van der Waals surface area contributed by atoms with E-state index < -0.39 is 12.1 Å². The molecule has 1 rings (SSSR count). The van der Waals surface area contributed by atoms with Crippen LogP contribution in [0.2, 0.25) is 0 Å². The number of hydrogen-bond donors (Lipinski definition) is 1. The van der Waals surface area contributed by atoms with Gasteiger partial charge in [-0.1, -0.05) is 83.2 Å². The van der Waals surface area contributed by atoms with Crippen LogP contribution < -0.4 is 5.32 Å². The molecule has 0 radical (unpaired) electrons. The van der Waals surface area contributed by atoms with Crippen LogP contribution in [0.1, 0.15) is 77.7 Å². The molecular weight excluding hydrogens is 326 g/mol. The molecule has 0 aliphatic rings. The number of carbonyl (C=O) groups excluding carboxylic acids is 2. The lowest BCUT2D eigenvalue weighted by atomic mass is 9.97. The van der Waals surface area contributed by atoms with E-state index in [1.807, 2.05) is 30.3 Å². The van der Waals surface area contributed by atoms with Gasteiger partial charge in [0.05, 0.1) is 6.04 Å². The first kappa shape index (κ1) is 22.2. The van der Waals surface area contributed by atoms with Crippen molar-refractivity contribution < 1.29 is 14.3 Å². The van der Waals surface area contributed by atoms with E-state index >= 15 is 0 Å². The van der Waals surface area contributed by atoms with Crippen molar-refractivity contribution in [2.24, 2.45) is 5.92 Å². The molecule has 0 unspecified atom stereocenters. The van der Waals surface area contributed by atoms with Gasteiger partial charge >= 0.3 is 6.09 Å². The number of ketones is 1. The molecule has 1 atom stereocenters. The van der Waals surface area contributed by atoms with Crippen molar-refractivity contribution in [3.63, 3.8) is 0 Å². The normalized spacial score (nSPS) is 12.0. The van der Waals surface area contributed by atoms with Gasteiger partial charge in [0.25, 0.3) is 0 Å². The zero-order valence-electron chi connectivity index (χ0n) is 16.6. The summed E-state index contributed by atoms with van der Waals surface area (Å²) in [5, 5.41) is 2.77. The van der Waals surface area contributed by atoms with Crippen LogP contribution in [-0.2, 0) is 16.1 Å². The minimum atomic E-state index is -0.518. The van der Waals surface area contributed by atoms with E-state index in [4.69, 9.17) is 4.74 Å². The monoisotopic (exact) mass is 361 g/mol. The Kier molecular flexibility index (Phi) is 11.4. The van der Waals surface area contributed by atoms with Gasteiger partial charge < -0.3 is 10.1 Å². The molecule has 0 fully saturated rings. The molecule has 1 aromatic rings. The Balaban J connectivity index is 2.38. The molecule has 0 spiro atoms. The summed E-state index contributed by atoms with van der Waals surface area (Å²) in [6.07, 6.45) is 7.56. The highest BCUT2D eigenvalue weighted by molar-refractivity contribution is 5.87. The Morgan fingerprint density at radius 1 is 1.00 bits per heavy atom. The van der Waals surface area contributed by atoms with Crippen molar-refractivity contribution in [2.45, 2.75) is 84.8 Å². The van der Waals surface area contributed by atoms with Crippen LogP contribution in [0.5, 0.6) is 0 Å². The third kappa shape index (κ3) is 10.2. The molecule has 26 heavy (non-hydrogen) atoms. The highest BCUT2D eigenvalue weighted by Gasteiger charge is 2.22. The van der Waals surface area contributed by atoms with Gasteiger partial charge in [-0.25, -0.2) is 4.79 Å². The maximum absolute atomic E-state index is 12.5. The second-order valence-corrected chi connectivity index (χ2v) is 7.37. The van der Waals surface area contributed by atoms with E-state index in [0.29, 0.717) is 18.8 Å². The van der Waals surface area contributed by atoms with Crippen LogP contribution >= 0.6 is 0 Å². The Morgan fingerprint density at radius 2 is 1.65 bits per heavy atom. The summed E-state index contributed by atoms with van der Waals surface area (Å²) in [4.78, 5) is 24.6. The lowest BCUT2D eigenvalue weighted by Gasteiger charge is -2.19. The van der Waals surface area contributed by atoms with Crippen LogP contribution in [0.25, 0.3) is 0 Å². The highest BCUT2D eigenvalue weighted by atomic mass is 16.5. The number of ether oxygens (including phenoxy) is 1. The number of unbranched alkanes of at least 4 members (excludes halogenated alkanes) is 5. The average molecular weight is 362 g/mol. The highest BCUT2D eigenvalue weighted by Crippen LogP contribution is 2.12. The molecule has 1 amide bonds. The largest absolute Gasteiger partial charge is 0.445 e. The fourth-order valence-electron chi connectivity index (χ4n) is 2.90. The lowest BCUT2D eigenvalue weighted by molar-refractivity contribution is -0.121. The number of Topliss-reactive ketones (excluding diaryl/α,β-unsaturated/α-hetero) is 1.